The van der Waals surface area contributed by atoms with Gasteiger partial charge in [0, 0.05) is 12.8 Å². The Hall–Kier alpha value is -1.02. The summed E-state index contributed by atoms with van der Waals surface area (Å²) in [6, 6.07) is 2.24. The van der Waals surface area contributed by atoms with Crippen LogP contribution in [0.4, 0.5) is 0 Å². The Balaban J connectivity index is 2.52. The number of aromatic nitrogens is 2. The van der Waals surface area contributed by atoms with Gasteiger partial charge < -0.3 is 4.52 Å². The van der Waals surface area contributed by atoms with Gasteiger partial charge in [0.25, 0.3) is 0 Å². The molecule has 0 spiro atoms. The van der Waals surface area contributed by atoms with Crippen molar-refractivity contribution in [3.8, 4) is 6.07 Å². The summed E-state index contributed by atoms with van der Waals surface area (Å²) >= 11 is 1.82. The average molecular weight is 281 g/mol. The van der Waals surface area contributed by atoms with Crippen molar-refractivity contribution in [3.63, 3.8) is 0 Å². The molecule has 0 saturated heterocycles. The van der Waals surface area contributed by atoms with E-state index in [1.807, 2.05) is 11.8 Å². The molecular weight excluding hydrogens is 258 g/mol. The number of nitrogens with zero attached hydrogens (tertiary/aromatic N) is 3. The van der Waals surface area contributed by atoms with Crippen molar-refractivity contribution in [1.29, 1.82) is 5.26 Å². The summed E-state index contributed by atoms with van der Waals surface area (Å²) in [5.74, 6) is 3.99. The summed E-state index contributed by atoms with van der Waals surface area (Å²) in [7, 11) is 0. The molecule has 5 heteroatoms. The molecule has 0 aliphatic rings. The van der Waals surface area contributed by atoms with E-state index in [9.17, 15) is 0 Å². The van der Waals surface area contributed by atoms with Gasteiger partial charge in [0.2, 0.25) is 5.89 Å². The fourth-order valence-corrected chi connectivity index (χ4v) is 2.56. The molecule has 0 aliphatic carbocycles. The second kappa shape index (κ2) is 7.54. The van der Waals surface area contributed by atoms with E-state index in [1.165, 1.54) is 0 Å². The molecule has 4 nitrogen and oxygen atoms in total. The Bertz CT molecular complexity index is 425. The van der Waals surface area contributed by atoms with E-state index in [1.54, 1.807) is 0 Å². The Morgan fingerprint density at radius 2 is 2.21 bits per heavy atom. The minimum Gasteiger partial charge on any atom is -0.339 e. The van der Waals surface area contributed by atoms with E-state index in [4.69, 9.17) is 9.78 Å². The van der Waals surface area contributed by atoms with Crippen LogP contribution in [0.2, 0.25) is 0 Å². The predicted octanol–water partition coefficient (Wildman–Crippen LogP) is 3.83. The van der Waals surface area contributed by atoms with Crippen LogP contribution in [-0.2, 0) is 12.2 Å². The standard InChI is InChI=1S/C14H23N3OS/c1-5-14(4,6-7-15)8-13-16-12(17-18-13)10-19-9-11(2)3/h11H,5-6,8-10H2,1-4H3. The molecule has 1 unspecified atom stereocenters. The van der Waals surface area contributed by atoms with Gasteiger partial charge in [-0.15, -0.1) is 0 Å². The van der Waals surface area contributed by atoms with Gasteiger partial charge in [0.05, 0.1) is 11.8 Å². The Morgan fingerprint density at radius 3 is 2.79 bits per heavy atom. The topological polar surface area (TPSA) is 62.7 Å². The second-order valence-electron chi connectivity index (χ2n) is 5.69. The molecule has 0 amide bonds. The van der Waals surface area contributed by atoms with Crippen molar-refractivity contribution >= 4 is 11.8 Å². The van der Waals surface area contributed by atoms with Crippen molar-refractivity contribution in [1.82, 2.24) is 10.1 Å². The van der Waals surface area contributed by atoms with Crippen LogP contribution in [-0.4, -0.2) is 15.9 Å². The minimum absolute atomic E-state index is 0.0658. The quantitative estimate of drug-likeness (QED) is 0.724. The zero-order valence-electron chi connectivity index (χ0n) is 12.3. The van der Waals surface area contributed by atoms with E-state index in [0.717, 1.165) is 23.8 Å². The molecule has 0 fully saturated rings. The van der Waals surface area contributed by atoms with Gasteiger partial charge in [-0.3, -0.25) is 0 Å². The molecule has 1 atom stereocenters. The van der Waals surface area contributed by atoms with Gasteiger partial charge >= 0.3 is 0 Å². The normalized spacial score (nSPS) is 14.3. The summed E-state index contributed by atoms with van der Waals surface area (Å²) in [5.41, 5.74) is -0.0658. The lowest BCUT2D eigenvalue weighted by atomic mass is 9.81. The zero-order valence-corrected chi connectivity index (χ0v) is 13.1. The van der Waals surface area contributed by atoms with Gasteiger partial charge in [-0.1, -0.05) is 32.9 Å². The second-order valence-corrected chi connectivity index (χ2v) is 6.72. The molecule has 1 aromatic heterocycles. The largest absolute Gasteiger partial charge is 0.339 e. The van der Waals surface area contributed by atoms with E-state index >= 15 is 0 Å². The number of hydrogen-bond donors (Lipinski definition) is 0. The maximum atomic E-state index is 8.86. The highest BCUT2D eigenvalue weighted by Gasteiger charge is 2.25. The fraction of sp³-hybridized carbons (Fsp3) is 0.786. The van der Waals surface area contributed by atoms with Crippen molar-refractivity contribution in [3.05, 3.63) is 11.7 Å². The van der Waals surface area contributed by atoms with Crippen molar-refractivity contribution in [2.24, 2.45) is 11.3 Å². The molecule has 0 bridgehead atoms. The van der Waals surface area contributed by atoms with Gasteiger partial charge in [-0.2, -0.15) is 22.0 Å². The number of thioether (sulfide) groups is 1. The highest BCUT2D eigenvalue weighted by Crippen LogP contribution is 2.29. The van der Waals surface area contributed by atoms with Crippen molar-refractivity contribution < 1.29 is 4.52 Å². The van der Waals surface area contributed by atoms with Crippen molar-refractivity contribution in [2.45, 2.75) is 52.7 Å². The van der Waals surface area contributed by atoms with Crippen LogP contribution in [0.3, 0.4) is 0 Å². The van der Waals surface area contributed by atoms with E-state index in [2.05, 4.69) is 43.9 Å². The summed E-state index contributed by atoms with van der Waals surface area (Å²) in [5, 5.41) is 12.9. The molecular formula is C14H23N3OS. The smallest absolute Gasteiger partial charge is 0.227 e. The molecule has 19 heavy (non-hydrogen) atoms. The maximum Gasteiger partial charge on any atom is 0.227 e. The summed E-state index contributed by atoms with van der Waals surface area (Å²) < 4.78 is 5.28. The third-order valence-electron chi connectivity index (χ3n) is 3.13. The third kappa shape index (κ3) is 5.65. The van der Waals surface area contributed by atoms with Crippen LogP contribution < -0.4 is 0 Å². The molecule has 106 valence electrons. The molecule has 0 radical (unpaired) electrons. The predicted molar refractivity (Wildman–Crippen MR) is 77.6 cm³/mol. The SMILES string of the molecule is CCC(C)(CC#N)Cc1nc(CSCC(C)C)no1. The Morgan fingerprint density at radius 1 is 1.47 bits per heavy atom. The fourth-order valence-electron chi connectivity index (χ4n) is 1.67. The Kier molecular flexibility index (Phi) is 6.36. The first kappa shape index (κ1) is 16.0. The number of hydrogen-bond acceptors (Lipinski definition) is 5. The lowest BCUT2D eigenvalue weighted by molar-refractivity contribution is 0.265. The first-order chi connectivity index (χ1) is 8.99. The third-order valence-corrected chi connectivity index (χ3v) is 4.49. The van der Waals surface area contributed by atoms with Crippen LogP contribution in [0.25, 0.3) is 0 Å². The maximum absolute atomic E-state index is 8.86. The highest BCUT2D eigenvalue weighted by atomic mass is 32.2. The van der Waals surface area contributed by atoms with Gasteiger partial charge in [-0.25, -0.2) is 0 Å². The molecule has 1 heterocycles. The minimum atomic E-state index is -0.0658. The highest BCUT2D eigenvalue weighted by molar-refractivity contribution is 7.98. The molecule has 1 aromatic rings. The lowest BCUT2D eigenvalue weighted by Crippen LogP contribution is -2.18. The number of rotatable bonds is 8. The molecule has 0 aliphatic heterocycles. The first-order valence-corrected chi connectivity index (χ1v) is 7.90. The lowest BCUT2D eigenvalue weighted by Gasteiger charge is -2.22. The number of nitriles is 1. The van der Waals surface area contributed by atoms with Crippen molar-refractivity contribution in [2.75, 3.05) is 5.75 Å². The van der Waals surface area contributed by atoms with E-state index in [0.29, 0.717) is 24.7 Å². The first-order valence-electron chi connectivity index (χ1n) is 6.75. The van der Waals surface area contributed by atoms with E-state index < -0.39 is 0 Å². The van der Waals surface area contributed by atoms with E-state index in [-0.39, 0.29) is 5.41 Å². The van der Waals surface area contributed by atoms with Crippen LogP contribution in [0.15, 0.2) is 4.52 Å². The van der Waals surface area contributed by atoms with Crippen LogP contribution in [0.1, 0.15) is 52.3 Å². The average Bonchev–Trinajstić information content (AvgIpc) is 2.76. The van der Waals surface area contributed by atoms with Crippen LogP contribution in [0.5, 0.6) is 0 Å². The Labute approximate surface area is 120 Å². The van der Waals surface area contributed by atoms with Gasteiger partial charge in [-0.05, 0) is 23.5 Å². The molecule has 0 saturated carbocycles. The summed E-state index contributed by atoms with van der Waals surface area (Å²) in [6.07, 6.45) is 2.13. The van der Waals surface area contributed by atoms with Crippen LogP contribution >= 0.6 is 11.8 Å². The molecule has 1 rings (SSSR count). The summed E-state index contributed by atoms with van der Waals surface area (Å²) in [4.78, 5) is 4.41. The zero-order chi connectivity index (χ0) is 14.3. The van der Waals surface area contributed by atoms with Gasteiger partial charge in [0.15, 0.2) is 5.82 Å². The molecule has 0 N–H and O–H groups in total. The molecule has 0 aromatic carbocycles. The monoisotopic (exact) mass is 281 g/mol. The van der Waals surface area contributed by atoms with Gasteiger partial charge in [0.1, 0.15) is 0 Å². The summed E-state index contributed by atoms with van der Waals surface area (Å²) in [6.45, 7) is 8.58. The van der Waals surface area contributed by atoms with Crippen LogP contribution in [0, 0.1) is 22.7 Å².